The van der Waals surface area contributed by atoms with E-state index in [1.165, 1.54) is 0 Å². The number of rotatable bonds is 4. The standard InChI is InChI=1S/C12H13BrO2/c1-10(13)12(14)15-9-5-8-11-6-3-2-4-7-11/h2-8,10H,9H2,1H3. The summed E-state index contributed by atoms with van der Waals surface area (Å²) in [4.78, 5) is 10.8. The molecule has 0 bridgehead atoms. The molecule has 2 nitrogen and oxygen atoms in total. The average molecular weight is 269 g/mol. The summed E-state index contributed by atoms with van der Waals surface area (Å²) in [6.45, 7) is 2.05. The molecule has 0 aliphatic rings. The Kier molecular flexibility index (Phi) is 5.12. The molecule has 0 amide bonds. The van der Waals surface area contributed by atoms with Crippen LogP contribution >= 0.6 is 15.9 Å². The van der Waals surface area contributed by atoms with Crippen molar-refractivity contribution < 1.29 is 9.53 Å². The van der Waals surface area contributed by atoms with E-state index >= 15 is 0 Å². The minimum absolute atomic E-state index is 0.243. The van der Waals surface area contributed by atoms with Gasteiger partial charge in [0.15, 0.2) is 0 Å². The first-order valence-corrected chi connectivity index (χ1v) is 5.64. The predicted octanol–water partition coefficient (Wildman–Crippen LogP) is 3.03. The third kappa shape index (κ3) is 4.79. The zero-order valence-electron chi connectivity index (χ0n) is 8.52. The molecule has 15 heavy (non-hydrogen) atoms. The Hall–Kier alpha value is -1.09. The molecule has 1 atom stereocenters. The highest BCUT2D eigenvalue weighted by molar-refractivity contribution is 9.10. The van der Waals surface area contributed by atoms with Gasteiger partial charge >= 0.3 is 5.97 Å². The van der Waals surface area contributed by atoms with E-state index in [1.807, 2.05) is 42.5 Å². The Balaban J connectivity index is 2.32. The highest BCUT2D eigenvalue weighted by Gasteiger charge is 2.07. The van der Waals surface area contributed by atoms with Gasteiger partial charge in [0.25, 0.3) is 0 Å². The summed E-state index contributed by atoms with van der Waals surface area (Å²) in [5.74, 6) is -0.243. The fourth-order valence-electron chi connectivity index (χ4n) is 0.993. The van der Waals surface area contributed by atoms with E-state index < -0.39 is 0 Å². The summed E-state index contributed by atoms with van der Waals surface area (Å²) in [5.41, 5.74) is 1.10. The molecule has 1 aromatic rings. The lowest BCUT2D eigenvalue weighted by Crippen LogP contribution is -2.13. The Morgan fingerprint density at radius 1 is 1.47 bits per heavy atom. The maximum Gasteiger partial charge on any atom is 0.319 e. The first-order chi connectivity index (χ1) is 7.20. The van der Waals surface area contributed by atoms with Gasteiger partial charge < -0.3 is 4.74 Å². The van der Waals surface area contributed by atoms with Crippen LogP contribution in [-0.4, -0.2) is 17.4 Å². The Morgan fingerprint density at radius 3 is 2.73 bits per heavy atom. The maximum absolute atomic E-state index is 11.1. The van der Waals surface area contributed by atoms with Gasteiger partial charge in [-0.15, -0.1) is 0 Å². The van der Waals surface area contributed by atoms with Gasteiger partial charge in [-0.1, -0.05) is 52.3 Å². The summed E-state index contributed by atoms with van der Waals surface area (Å²) in [5, 5.41) is 0. The summed E-state index contributed by atoms with van der Waals surface area (Å²) < 4.78 is 4.95. The first-order valence-electron chi connectivity index (χ1n) is 4.72. The zero-order valence-corrected chi connectivity index (χ0v) is 10.1. The topological polar surface area (TPSA) is 26.3 Å². The lowest BCUT2D eigenvalue weighted by molar-refractivity contribution is -0.141. The normalized spacial score (nSPS) is 12.7. The van der Waals surface area contributed by atoms with E-state index in [0.717, 1.165) is 5.56 Å². The number of hydrogen-bond donors (Lipinski definition) is 0. The first kappa shape index (κ1) is 12.0. The number of halogens is 1. The fraction of sp³-hybridized carbons (Fsp3) is 0.250. The molecule has 0 aliphatic carbocycles. The number of benzene rings is 1. The van der Waals surface area contributed by atoms with Crippen LogP contribution < -0.4 is 0 Å². The molecule has 0 spiro atoms. The van der Waals surface area contributed by atoms with Crippen molar-refractivity contribution in [3.05, 3.63) is 42.0 Å². The molecular formula is C12H13BrO2. The summed E-state index contributed by atoms with van der Waals surface area (Å²) in [7, 11) is 0. The van der Waals surface area contributed by atoms with Crippen LogP contribution in [0.4, 0.5) is 0 Å². The third-order valence-electron chi connectivity index (χ3n) is 1.76. The fourth-order valence-corrected chi connectivity index (χ4v) is 1.13. The Morgan fingerprint density at radius 2 is 2.13 bits per heavy atom. The van der Waals surface area contributed by atoms with Crippen LogP contribution in [0.15, 0.2) is 36.4 Å². The quantitative estimate of drug-likeness (QED) is 0.620. The molecule has 0 N–H and O–H groups in total. The van der Waals surface area contributed by atoms with Crippen molar-refractivity contribution in [2.45, 2.75) is 11.8 Å². The number of esters is 1. The second-order valence-electron chi connectivity index (χ2n) is 3.06. The zero-order chi connectivity index (χ0) is 11.1. The van der Waals surface area contributed by atoms with Gasteiger partial charge in [0.1, 0.15) is 11.4 Å². The summed E-state index contributed by atoms with van der Waals surface area (Å²) in [6, 6.07) is 9.87. The molecule has 80 valence electrons. The smallest absolute Gasteiger partial charge is 0.319 e. The number of alkyl halides is 1. The molecule has 1 rings (SSSR count). The molecule has 0 heterocycles. The van der Waals surface area contributed by atoms with Gasteiger partial charge in [-0.3, -0.25) is 4.79 Å². The van der Waals surface area contributed by atoms with Crippen LogP contribution in [0, 0.1) is 0 Å². The molecule has 1 unspecified atom stereocenters. The van der Waals surface area contributed by atoms with Crippen LogP contribution in [0.2, 0.25) is 0 Å². The van der Waals surface area contributed by atoms with Crippen molar-refractivity contribution in [1.82, 2.24) is 0 Å². The van der Waals surface area contributed by atoms with Crippen molar-refractivity contribution in [3.63, 3.8) is 0 Å². The molecule has 0 saturated heterocycles. The van der Waals surface area contributed by atoms with Crippen molar-refractivity contribution in [2.24, 2.45) is 0 Å². The van der Waals surface area contributed by atoms with E-state index in [1.54, 1.807) is 6.92 Å². The van der Waals surface area contributed by atoms with Gasteiger partial charge in [-0.2, -0.15) is 0 Å². The predicted molar refractivity (Wildman–Crippen MR) is 64.8 cm³/mol. The second kappa shape index (κ2) is 6.40. The maximum atomic E-state index is 11.1. The number of ether oxygens (including phenoxy) is 1. The molecule has 0 radical (unpaired) electrons. The SMILES string of the molecule is CC(Br)C(=O)OCC=Cc1ccccc1. The van der Waals surface area contributed by atoms with Crippen LogP contribution in [-0.2, 0) is 9.53 Å². The van der Waals surface area contributed by atoms with Crippen molar-refractivity contribution in [2.75, 3.05) is 6.61 Å². The number of hydrogen-bond acceptors (Lipinski definition) is 2. The average Bonchev–Trinajstić information content (AvgIpc) is 2.25. The third-order valence-corrected chi connectivity index (χ3v) is 2.13. The highest BCUT2D eigenvalue weighted by atomic mass is 79.9. The van der Waals surface area contributed by atoms with E-state index in [0.29, 0.717) is 6.61 Å². The largest absolute Gasteiger partial charge is 0.461 e. The van der Waals surface area contributed by atoms with Gasteiger partial charge in [0.2, 0.25) is 0 Å². The molecule has 0 aliphatic heterocycles. The monoisotopic (exact) mass is 268 g/mol. The van der Waals surface area contributed by atoms with E-state index in [2.05, 4.69) is 15.9 Å². The summed E-state index contributed by atoms with van der Waals surface area (Å²) in [6.07, 6.45) is 3.74. The van der Waals surface area contributed by atoms with Crippen molar-refractivity contribution in [3.8, 4) is 0 Å². The highest BCUT2D eigenvalue weighted by Crippen LogP contribution is 2.02. The number of carbonyl (C=O) groups is 1. The van der Waals surface area contributed by atoms with Gasteiger partial charge in [-0.25, -0.2) is 0 Å². The lowest BCUT2D eigenvalue weighted by atomic mass is 10.2. The molecule has 1 aromatic carbocycles. The van der Waals surface area contributed by atoms with Gasteiger partial charge in [-0.05, 0) is 18.6 Å². The Labute approximate surface area is 98.1 Å². The second-order valence-corrected chi connectivity index (χ2v) is 4.43. The minimum atomic E-state index is -0.248. The van der Waals surface area contributed by atoms with Crippen LogP contribution in [0.25, 0.3) is 6.08 Å². The van der Waals surface area contributed by atoms with Crippen LogP contribution in [0.5, 0.6) is 0 Å². The van der Waals surface area contributed by atoms with E-state index in [-0.39, 0.29) is 10.8 Å². The van der Waals surface area contributed by atoms with Crippen molar-refractivity contribution in [1.29, 1.82) is 0 Å². The Bertz CT molecular complexity index is 331. The molecule has 3 heteroatoms. The lowest BCUT2D eigenvalue weighted by Gasteiger charge is -2.02. The van der Waals surface area contributed by atoms with E-state index in [9.17, 15) is 4.79 Å². The summed E-state index contributed by atoms with van der Waals surface area (Å²) >= 11 is 3.14. The van der Waals surface area contributed by atoms with E-state index in [4.69, 9.17) is 4.74 Å². The van der Waals surface area contributed by atoms with Crippen LogP contribution in [0.3, 0.4) is 0 Å². The van der Waals surface area contributed by atoms with Gasteiger partial charge in [0.05, 0.1) is 0 Å². The number of carbonyl (C=O) groups excluding carboxylic acids is 1. The minimum Gasteiger partial charge on any atom is -0.461 e. The molecule has 0 aromatic heterocycles. The molecule has 0 saturated carbocycles. The molecule has 0 fully saturated rings. The van der Waals surface area contributed by atoms with Gasteiger partial charge in [0, 0.05) is 0 Å². The molecular weight excluding hydrogens is 256 g/mol. The van der Waals surface area contributed by atoms with Crippen LogP contribution in [0.1, 0.15) is 12.5 Å². The van der Waals surface area contributed by atoms with Crippen molar-refractivity contribution >= 4 is 28.0 Å².